The number of para-hydroxylation sites is 1. The second-order valence-corrected chi connectivity index (χ2v) is 6.67. The highest BCUT2D eigenvalue weighted by atomic mass is 32.1. The summed E-state index contributed by atoms with van der Waals surface area (Å²) in [5.41, 5.74) is 12.7. The molecule has 0 unspecified atom stereocenters. The first kappa shape index (κ1) is 20.5. The van der Waals surface area contributed by atoms with Gasteiger partial charge in [-0.3, -0.25) is 15.5 Å². The van der Waals surface area contributed by atoms with Crippen molar-refractivity contribution >= 4 is 39.5 Å². The van der Waals surface area contributed by atoms with Crippen molar-refractivity contribution in [2.45, 2.75) is 6.42 Å². The van der Waals surface area contributed by atoms with Crippen molar-refractivity contribution in [3.63, 3.8) is 0 Å². The van der Waals surface area contributed by atoms with Crippen molar-refractivity contribution in [1.82, 2.24) is 4.98 Å². The van der Waals surface area contributed by atoms with Crippen LogP contribution in [0.2, 0.25) is 0 Å². The van der Waals surface area contributed by atoms with E-state index < -0.39 is 10.9 Å². The summed E-state index contributed by atoms with van der Waals surface area (Å²) >= 11 is 1.21. The first-order valence-electron chi connectivity index (χ1n) is 8.37. The molecule has 0 spiro atoms. The number of nitro benzene ring substituents is 1. The van der Waals surface area contributed by atoms with Crippen LogP contribution in [0.1, 0.15) is 5.56 Å². The van der Waals surface area contributed by atoms with Crippen molar-refractivity contribution in [3.05, 3.63) is 80.0 Å². The van der Waals surface area contributed by atoms with E-state index in [0.717, 1.165) is 5.56 Å². The summed E-state index contributed by atoms with van der Waals surface area (Å²) in [7, 11) is 0. The number of rotatable bonds is 8. The smallest absolute Gasteiger partial charge is 0.352 e. The summed E-state index contributed by atoms with van der Waals surface area (Å²) in [6.07, 6.45) is -0.224. The van der Waals surface area contributed by atoms with Gasteiger partial charge in [-0.15, -0.1) is 11.3 Å². The van der Waals surface area contributed by atoms with Gasteiger partial charge in [0.1, 0.15) is 5.71 Å². The number of benzene rings is 2. The van der Waals surface area contributed by atoms with Gasteiger partial charge in [0.05, 0.1) is 10.6 Å². The number of aromatic nitrogens is 1. The molecule has 0 aliphatic heterocycles. The van der Waals surface area contributed by atoms with Gasteiger partial charge in [-0.25, -0.2) is 9.78 Å². The van der Waals surface area contributed by atoms with Crippen LogP contribution in [0.5, 0.6) is 0 Å². The zero-order valence-corrected chi connectivity index (χ0v) is 16.0. The molecule has 11 nitrogen and oxygen atoms in total. The van der Waals surface area contributed by atoms with Crippen LogP contribution in [-0.4, -0.2) is 26.7 Å². The molecule has 0 bridgehead atoms. The van der Waals surface area contributed by atoms with Crippen molar-refractivity contribution in [2.75, 3.05) is 5.43 Å². The van der Waals surface area contributed by atoms with Gasteiger partial charge in [0, 0.05) is 39.6 Å². The van der Waals surface area contributed by atoms with E-state index in [1.165, 1.54) is 29.5 Å². The number of nitro groups is 1. The topological polar surface area (TPSA) is 166 Å². The third kappa shape index (κ3) is 4.95. The zero-order chi connectivity index (χ0) is 21.5. The summed E-state index contributed by atoms with van der Waals surface area (Å²) in [5, 5.41) is 30.0. The van der Waals surface area contributed by atoms with Crippen molar-refractivity contribution < 1.29 is 14.8 Å². The molecule has 12 heteroatoms. The molecule has 0 aliphatic rings. The number of aliphatic carboxylic acids is 1. The van der Waals surface area contributed by atoms with Crippen LogP contribution < -0.4 is 5.43 Å². The van der Waals surface area contributed by atoms with Crippen LogP contribution in [0.4, 0.5) is 16.5 Å². The fourth-order valence-electron chi connectivity index (χ4n) is 2.51. The number of carbonyl (C=O) groups is 1. The second kappa shape index (κ2) is 9.28. The Hall–Kier alpha value is -4.28. The molecule has 3 aromatic rings. The van der Waals surface area contributed by atoms with E-state index in [0.29, 0.717) is 16.5 Å². The van der Waals surface area contributed by atoms with Crippen LogP contribution in [0, 0.1) is 10.1 Å². The summed E-state index contributed by atoms with van der Waals surface area (Å²) in [4.78, 5) is 29.1. The molecule has 0 aliphatic carbocycles. The zero-order valence-electron chi connectivity index (χ0n) is 15.2. The number of carboxylic acids is 1. The lowest BCUT2D eigenvalue weighted by molar-refractivity contribution is -0.385. The third-order valence-corrected chi connectivity index (χ3v) is 4.65. The van der Waals surface area contributed by atoms with Crippen LogP contribution in [0.25, 0.3) is 21.7 Å². The first-order chi connectivity index (χ1) is 14.5. The summed E-state index contributed by atoms with van der Waals surface area (Å²) < 4.78 is 0. The highest BCUT2D eigenvalue weighted by Crippen LogP contribution is 2.27. The van der Waals surface area contributed by atoms with E-state index >= 15 is 0 Å². The first-order valence-corrected chi connectivity index (χ1v) is 9.25. The van der Waals surface area contributed by atoms with Gasteiger partial charge in [-0.2, -0.15) is 5.10 Å². The average molecular weight is 423 g/mol. The highest BCUT2D eigenvalue weighted by molar-refractivity contribution is 7.14. The molecule has 0 saturated carbocycles. The normalized spacial score (nSPS) is 10.9. The van der Waals surface area contributed by atoms with Crippen molar-refractivity contribution in [2.24, 2.45) is 10.2 Å². The van der Waals surface area contributed by atoms with Crippen LogP contribution in [0.3, 0.4) is 0 Å². The number of thiazole rings is 1. The Morgan fingerprint density at radius 1 is 1.27 bits per heavy atom. The van der Waals surface area contributed by atoms with E-state index in [1.807, 2.05) is 0 Å². The summed E-state index contributed by atoms with van der Waals surface area (Å²) in [5.74, 6) is -1.30. The standard InChI is InChI=1S/C18H13N7O4S/c19-24-21-13-7-5-11(6-8-13)15-10-30-18(20-15)23-22-14(17(26)27)9-12-3-1-2-4-16(12)25(28)29/h1-8,10H,9H2,(H,20,23)(H,26,27)/b22-14-. The average Bonchev–Trinajstić information content (AvgIpc) is 3.21. The highest BCUT2D eigenvalue weighted by Gasteiger charge is 2.18. The van der Waals surface area contributed by atoms with Crippen LogP contribution in [-0.2, 0) is 11.2 Å². The Morgan fingerprint density at radius 3 is 2.67 bits per heavy atom. The number of carboxylic acid groups (broad SMARTS) is 1. The van der Waals surface area contributed by atoms with Gasteiger partial charge < -0.3 is 5.11 Å². The molecule has 1 heterocycles. The Balaban J connectivity index is 1.77. The van der Waals surface area contributed by atoms with Gasteiger partial charge in [0.15, 0.2) is 0 Å². The van der Waals surface area contributed by atoms with E-state index in [2.05, 4.69) is 25.5 Å². The summed E-state index contributed by atoms with van der Waals surface area (Å²) in [6.45, 7) is 0. The lowest BCUT2D eigenvalue weighted by Crippen LogP contribution is -2.18. The van der Waals surface area contributed by atoms with Gasteiger partial charge in [0.25, 0.3) is 5.69 Å². The number of hydrogen-bond acceptors (Lipinski definition) is 8. The molecule has 150 valence electrons. The molecule has 2 aromatic carbocycles. The number of nitrogens with one attached hydrogen (secondary N) is 1. The van der Waals surface area contributed by atoms with Gasteiger partial charge in [0.2, 0.25) is 5.13 Å². The van der Waals surface area contributed by atoms with Crippen LogP contribution >= 0.6 is 11.3 Å². The van der Waals surface area contributed by atoms with E-state index in [1.54, 1.807) is 35.7 Å². The van der Waals surface area contributed by atoms with Crippen LogP contribution in [0.15, 0.2) is 64.1 Å². The van der Waals surface area contributed by atoms with E-state index in [9.17, 15) is 20.0 Å². The third-order valence-electron chi connectivity index (χ3n) is 3.91. The molecule has 3 rings (SSSR count). The number of nitrogens with zero attached hydrogens (tertiary/aromatic N) is 6. The fourth-order valence-corrected chi connectivity index (χ4v) is 3.17. The maximum atomic E-state index is 11.5. The number of hydrazone groups is 1. The van der Waals surface area contributed by atoms with E-state index in [-0.39, 0.29) is 23.4 Å². The molecule has 2 N–H and O–H groups in total. The number of hydrogen-bond donors (Lipinski definition) is 2. The number of anilines is 1. The second-order valence-electron chi connectivity index (χ2n) is 5.81. The maximum absolute atomic E-state index is 11.5. The predicted octanol–water partition coefficient (Wildman–Crippen LogP) is 4.76. The van der Waals surface area contributed by atoms with Crippen molar-refractivity contribution in [3.8, 4) is 11.3 Å². The molecule has 0 fully saturated rings. The van der Waals surface area contributed by atoms with E-state index in [4.69, 9.17) is 5.53 Å². The van der Waals surface area contributed by atoms with Gasteiger partial charge in [-0.1, -0.05) is 47.6 Å². The Kier molecular flexibility index (Phi) is 6.33. The Bertz CT molecular complexity index is 1170. The Labute approximate surface area is 173 Å². The lowest BCUT2D eigenvalue weighted by atomic mass is 10.1. The molecule has 0 atom stereocenters. The molecular weight excluding hydrogens is 410 g/mol. The summed E-state index contributed by atoms with van der Waals surface area (Å²) in [6, 6.07) is 12.7. The molecule has 1 aromatic heterocycles. The predicted molar refractivity (Wildman–Crippen MR) is 112 cm³/mol. The molecule has 0 radical (unpaired) electrons. The molecular formula is C18H13N7O4S. The molecule has 0 amide bonds. The SMILES string of the molecule is [N-]=[N+]=Nc1ccc(-c2csc(N/N=C(/Cc3ccccc3[N+](=O)[O-])C(=O)O)n2)cc1. The minimum absolute atomic E-state index is 0.174. The van der Waals surface area contributed by atoms with Gasteiger partial charge >= 0.3 is 5.97 Å². The Morgan fingerprint density at radius 2 is 2.00 bits per heavy atom. The largest absolute Gasteiger partial charge is 0.477 e. The molecule has 30 heavy (non-hydrogen) atoms. The minimum Gasteiger partial charge on any atom is -0.477 e. The van der Waals surface area contributed by atoms with Crippen molar-refractivity contribution in [1.29, 1.82) is 0 Å². The fraction of sp³-hybridized carbons (Fsp3) is 0.0556. The quantitative estimate of drug-likeness (QED) is 0.132. The maximum Gasteiger partial charge on any atom is 0.352 e. The number of azide groups is 1. The lowest BCUT2D eigenvalue weighted by Gasteiger charge is -2.04. The molecule has 0 saturated heterocycles. The van der Waals surface area contributed by atoms with Gasteiger partial charge in [-0.05, 0) is 5.53 Å². The minimum atomic E-state index is -1.30. The monoisotopic (exact) mass is 423 g/mol.